The van der Waals surface area contributed by atoms with Crippen LogP contribution in [-0.4, -0.2) is 42.4 Å². The SMILES string of the molecule is CCOC(=O)c1c(-c2ccco2)csc1NC(=O)C1CCCN(C(=O)C2CC2)C1. The van der Waals surface area contributed by atoms with Gasteiger partial charge in [0.15, 0.2) is 0 Å². The summed E-state index contributed by atoms with van der Waals surface area (Å²) in [4.78, 5) is 39.7. The molecule has 29 heavy (non-hydrogen) atoms. The number of furan rings is 1. The minimum Gasteiger partial charge on any atom is -0.464 e. The van der Waals surface area contributed by atoms with Crippen LogP contribution in [0.25, 0.3) is 11.3 Å². The molecule has 1 aliphatic carbocycles. The van der Waals surface area contributed by atoms with Gasteiger partial charge in [-0.2, -0.15) is 0 Å². The molecule has 154 valence electrons. The molecule has 8 heteroatoms. The molecule has 2 fully saturated rings. The summed E-state index contributed by atoms with van der Waals surface area (Å²) < 4.78 is 10.6. The molecule has 1 N–H and O–H groups in total. The highest BCUT2D eigenvalue weighted by atomic mass is 32.1. The van der Waals surface area contributed by atoms with E-state index >= 15 is 0 Å². The van der Waals surface area contributed by atoms with Crippen LogP contribution in [0, 0.1) is 11.8 Å². The molecule has 0 spiro atoms. The topological polar surface area (TPSA) is 88.8 Å². The van der Waals surface area contributed by atoms with Gasteiger partial charge in [-0.25, -0.2) is 4.79 Å². The number of anilines is 1. The highest BCUT2D eigenvalue weighted by molar-refractivity contribution is 7.15. The first-order valence-electron chi connectivity index (χ1n) is 10.0. The lowest BCUT2D eigenvalue weighted by Gasteiger charge is -2.32. The zero-order valence-electron chi connectivity index (χ0n) is 16.3. The molecule has 1 saturated carbocycles. The van der Waals surface area contributed by atoms with Crippen molar-refractivity contribution in [1.82, 2.24) is 4.90 Å². The number of nitrogens with one attached hydrogen (secondary N) is 1. The monoisotopic (exact) mass is 416 g/mol. The summed E-state index contributed by atoms with van der Waals surface area (Å²) in [5, 5.41) is 5.14. The van der Waals surface area contributed by atoms with Gasteiger partial charge in [0.2, 0.25) is 11.8 Å². The van der Waals surface area contributed by atoms with Crippen LogP contribution in [0.15, 0.2) is 28.2 Å². The molecular formula is C21H24N2O5S. The lowest BCUT2D eigenvalue weighted by atomic mass is 9.96. The molecule has 1 saturated heterocycles. The Labute approximate surface area is 173 Å². The fourth-order valence-electron chi connectivity index (χ4n) is 3.66. The maximum Gasteiger partial charge on any atom is 0.341 e. The maximum absolute atomic E-state index is 12.9. The van der Waals surface area contributed by atoms with E-state index in [2.05, 4.69) is 5.32 Å². The van der Waals surface area contributed by atoms with Crippen LogP contribution in [0.1, 0.15) is 43.0 Å². The Bertz CT molecular complexity index is 900. The summed E-state index contributed by atoms with van der Waals surface area (Å²) in [5.74, 6) is -0.0769. The largest absolute Gasteiger partial charge is 0.464 e. The average Bonchev–Trinajstić information content (AvgIpc) is 3.27. The van der Waals surface area contributed by atoms with Gasteiger partial charge in [-0.3, -0.25) is 9.59 Å². The molecule has 2 aromatic rings. The maximum atomic E-state index is 12.9. The van der Waals surface area contributed by atoms with Crippen molar-refractivity contribution in [2.24, 2.45) is 11.8 Å². The van der Waals surface area contributed by atoms with Crippen LogP contribution >= 0.6 is 11.3 Å². The van der Waals surface area contributed by atoms with Crippen molar-refractivity contribution in [3.05, 3.63) is 29.3 Å². The minimum atomic E-state index is -0.496. The Kier molecular flexibility index (Phi) is 5.71. The van der Waals surface area contributed by atoms with Crippen LogP contribution in [0.3, 0.4) is 0 Å². The predicted octanol–water partition coefficient (Wildman–Crippen LogP) is 3.77. The zero-order valence-corrected chi connectivity index (χ0v) is 17.1. The van der Waals surface area contributed by atoms with Crippen molar-refractivity contribution in [2.45, 2.75) is 32.6 Å². The number of rotatable bonds is 6. The van der Waals surface area contributed by atoms with Gasteiger partial charge >= 0.3 is 5.97 Å². The first-order chi connectivity index (χ1) is 14.1. The smallest absolute Gasteiger partial charge is 0.341 e. The minimum absolute atomic E-state index is 0.153. The molecule has 0 aromatic carbocycles. The van der Waals surface area contributed by atoms with E-state index in [1.807, 2.05) is 4.90 Å². The second-order valence-electron chi connectivity index (χ2n) is 7.44. The predicted molar refractivity (Wildman–Crippen MR) is 109 cm³/mol. The van der Waals surface area contributed by atoms with Crippen molar-refractivity contribution in [1.29, 1.82) is 0 Å². The molecule has 3 heterocycles. The Morgan fingerprint density at radius 3 is 2.79 bits per heavy atom. The number of likely N-dealkylation sites (tertiary alicyclic amines) is 1. The third kappa shape index (κ3) is 4.22. The first-order valence-corrected chi connectivity index (χ1v) is 10.9. The molecule has 2 aromatic heterocycles. The highest BCUT2D eigenvalue weighted by Gasteiger charge is 2.37. The number of carbonyl (C=O) groups excluding carboxylic acids is 3. The zero-order chi connectivity index (χ0) is 20.4. The van der Waals surface area contributed by atoms with Gasteiger partial charge in [0.25, 0.3) is 0 Å². The van der Waals surface area contributed by atoms with Gasteiger partial charge in [0.05, 0.1) is 18.8 Å². The van der Waals surface area contributed by atoms with Crippen molar-refractivity contribution in [2.75, 3.05) is 25.0 Å². The third-order valence-electron chi connectivity index (χ3n) is 5.32. The normalized spacial score (nSPS) is 19.1. The van der Waals surface area contributed by atoms with E-state index in [9.17, 15) is 14.4 Å². The van der Waals surface area contributed by atoms with Gasteiger partial charge in [-0.15, -0.1) is 11.3 Å². The lowest BCUT2D eigenvalue weighted by Crippen LogP contribution is -2.44. The second kappa shape index (κ2) is 8.41. The van der Waals surface area contributed by atoms with E-state index in [-0.39, 0.29) is 30.3 Å². The molecule has 1 atom stereocenters. The van der Waals surface area contributed by atoms with Crippen LogP contribution in [0.2, 0.25) is 0 Å². The first kappa shape index (κ1) is 19.7. The summed E-state index contributed by atoms with van der Waals surface area (Å²) in [7, 11) is 0. The highest BCUT2D eigenvalue weighted by Crippen LogP contribution is 2.37. The Balaban J connectivity index is 1.51. The van der Waals surface area contributed by atoms with Crippen LogP contribution < -0.4 is 5.32 Å². The molecular weight excluding hydrogens is 392 g/mol. The second-order valence-corrected chi connectivity index (χ2v) is 8.32. The van der Waals surface area contributed by atoms with Gasteiger partial charge in [0.1, 0.15) is 16.3 Å². The molecule has 0 bridgehead atoms. The average molecular weight is 416 g/mol. The number of carbonyl (C=O) groups is 3. The van der Waals surface area contributed by atoms with Crippen molar-refractivity contribution in [3.8, 4) is 11.3 Å². The van der Waals surface area contributed by atoms with E-state index in [0.29, 0.717) is 28.4 Å². The number of thiophene rings is 1. The van der Waals surface area contributed by atoms with E-state index in [1.54, 1.807) is 24.4 Å². The Morgan fingerprint density at radius 2 is 2.10 bits per heavy atom. The van der Waals surface area contributed by atoms with Crippen LogP contribution in [-0.2, 0) is 14.3 Å². The van der Waals surface area contributed by atoms with Crippen molar-refractivity contribution in [3.63, 3.8) is 0 Å². The van der Waals surface area contributed by atoms with Gasteiger partial charge in [-0.05, 0) is 44.7 Å². The molecule has 1 unspecified atom stereocenters. The number of hydrogen-bond acceptors (Lipinski definition) is 6. The van der Waals surface area contributed by atoms with Gasteiger partial charge in [-0.1, -0.05) is 0 Å². The third-order valence-corrected chi connectivity index (χ3v) is 6.22. The summed E-state index contributed by atoms with van der Waals surface area (Å²) in [6.45, 7) is 3.13. The van der Waals surface area contributed by atoms with E-state index in [0.717, 1.165) is 32.2 Å². The molecule has 2 aliphatic rings. The number of esters is 1. The number of ether oxygens (including phenoxy) is 1. The van der Waals surface area contributed by atoms with Crippen molar-refractivity contribution < 1.29 is 23.5 Å². The van der Waals surface area contributed by atoms with Crippen molar-refractivity contribution >= 4 is 34.1 Å². The van der Waals surface area contributed by atoms with Crippen LogP contribution in [0.5, 0.6) is 0 Å². The number of piperidine rings is 1. The fraction of sp³-hybridized carbons (Fsp3) is 0.476. The van der Waals surface area contributed by atoms with E-state index in [1.165, 1.54) is 17.6 Å². The Hall–Kier alpha value is -2.61. The van der Waals surface area contributed by atoms with Crippen LogP contribution in [0.4, 0.5) is 5.00 Å². The summed E-state index contributed by atoms with van der Waals surface area (Å²) in [6.07, 6.45) is 4.99. The summed E-state index contributed by atoms with van der Waals surface area (Å²) in [6, 6.07) is 3.51. The van der Waals surface area contributed by atoms with E-state index < -0.39 is 5.97 Å². The summed E-state index contributed by atoms with van der Waals surface area (Å²) >= 11 is 1.27. The van der Waals surface area contributed by atoms with E-state index in [4.69, 9.17) is 9.15 Å². The quantitative estimate of drug-likeness (QED) is 0.724. The lowest BCUT2D eigenvalue weighted by molar-refractivity contribution is -0.135. The molecule has 2 amide bonds. The van der Waals surface area contributed by atoms with Gasteiger partial charge in [0, 0.05) is 30.0 Å². The number of amides is 2. The summed E-state index contributed by atoms with van der Waals surface area (Å²) in [5.41, 5.74) is 0.907. The molecule has 0 radical (unpaired) electrons. The fourth-order valence-corrected chi connectivity index (χ4v) is 4.60. The Morgan fingerprint density at radius 1 is 1.28 bits per heavy atom. The number of nitrogens with zero attached hydrogens (tertiary/aromatic N) is 1. The number of hydrogen-bond donors (Lipinski definition) is 1. The molecule has 7 nitrogen and oxygen atoms in total. The molecule has 4 rings (SSSR count). The van der Waals surface area contributed by atoms with Gasteiger partial charge < -0.3 is 19.4 Å². The standard InChI is InChI=1S/C21H24N2O5S/c1-2-27-21(26)17-15(16-6-4-10-28-16)12-29-19(17)22-18(24)14-5-3-9-23(11-14)20(25)13-7-8-13/h4,6,10,12-14H,2-3,5,7-9,11H2,1H3,(H,22,24). The molecule has 1 aliphatic heterocycles.